The lowest BCUT2D eigenvalue weighted by Crippen LogP contribution is -2.14. The van der Waals surface area contributed by atoms with Gasteiger partial charge < -0.3 is 4.18 Å². The maximum absolute atomic E-state index is 12.3. The summed E-state index contributed by atoms with van der Waals surface area (Å²) >= 11 is 0. The Morgan fingerprint density at radius 1 is 0.870 bits per heavy atom. The van der Waals surface area contributed by atoms with Crippen LogP contribution in [0.3, 0.4) is 0 Å². The van der Waals surface area contributed by atoms with Gasteiger partial charge in [-0.3, -0.25) is 4.79 Å². The number of carbonyl (C=O) groups is 1. The van der Waals surface area contributed by atoms with Crippen molar-refractivity contribution in [2.24, 2.45) is 0 Å². The molecule has 0 aliphatic rings. The molecule has 8 heteroatoms. The molecule has 2 aromatic carbocycles. The van der Waals surface area contributed by atoms with Crippen LogP contribution in [0.1, 0.15) is 17.3 Å². The van der Waals surface area contributed by atoms with Gasteiger partial charge in [0.15, 0.2) is 15.6 Å². The molecule has 0 spiro atoms. The Morgan fingerprint density at radius 2 is 1.39 bits per heavy atom. The summed E-state index contributed by atoms with van der Waals surface area (Å²) in [5.41, 5.74) is 0.409. The normalized spacial score (nSPS) is 11.9. The molecule has 0 amide bonds. The zero-order valence-corrected chi connectivity index (χ0v) is 14.0. The zero-order valence-electron chi connectivity index (χ0n) is 12.4. The minimum atomic E-state index is -4.32. The maximum Gasteiger partial charge on any atom is 0.340 e. The third-order valence-electron chi connectivity index (χ3n) is 2.98. The molecule has 0 aliphatic carbocycles. The van der Waals surface area contributed by atoms with Crippen molar-refractivity contribution in [3.8, 4) is 5.75 Å². The Bertz CT molecular complexity index is 942. The van der Waals surface area contributed by atoms with Crippen LogP contribution in [-0.2, 0) is 20.0 Å². The van der Waals surface area contributed by atoms with Gasteiger partial charge in [0, 0.05) is 11.8 Å². The lowest BCUT2D eigenvalue weighted by molar-refractivity contribution is 0.101. The first-order valence-corrected chi connectivity index (χ1v) is 9.76. The number of hydrogen-bond acceptors (Lipinski definition) is 6. The predicted octanol–water partition coefficient (Wildman–Crippen LogP) is 2.06. The molecule has 0 unspecified atom stereocenters. The molecule has 0 aromatic heterocycles. The number of benzene rings is 2. The van der Waals surface area contributed by atoms with E-state index in [0.29, 0.717) is 5.56 Å². The van der Waals surface area contributed by atoms with E-state index in [9.17, 15) is 21.6 Å². The molecular formula is C15H14O6S2. The summed E-state index contributed by atoms with van der Waals surface area (Å²) in [7, 11) is -8.06. The summed E-state index contributed by atoms with van der Waals surface area (Å²) in [6, 6.07) is 10.7. The van der Waals surface area contributed by atoms with Gasteiger partial charge in [0.1, 0.15) is 10.6 Å². The molecule has 6 nitrogen and oxygen atoms in total. The van der Waals surface area contributed by atoms with E-state index < -0.39 is 24.9 Å². The molecule has 0 aliphatic heterocycles. The molecular weight excluding hydrogens is 340 g/mol. The molecule has 122 valence electrons. The zero-order chi connectivity index (χ0) is 17.3. The number of sulfone groups is 1. The summed E-state index contributed by atoms with van der Waals surface area (Å²) < 4.78 is 53.1. The summed E-state index contributed by atoms with van der Waals surface area (Å²) in [6.07, 6.45) is 0.920. The standard InChI is InChI=1S/C15H14O6S2/c1-11(16)12-7-9-13(10-8-12)21-23(19,20)15-6-4-3-5-14(15)22(2,17)18/h3-10H,1-2H3. The van der Waals surface area contributed by atoms with Gasteiger partial charge in [0.2, 0.25) is 0 Å². The lowest BCUT2D eigenvalue weighted by Gasteiger charge is -2.10. The number of ketones is 1. The van der Waals surface area contributed by atoms with Crippen molar-refractivity contribution in [1.29, 1.82) is 0 Å². The second-order valence-electron chi connectivity index (χ2n) is 4.84. The summed E-state index contributed by atoms with van der Waals surface area (Å²) in [5.74, 6) is -0.180. The van der Waals surface area contributed by atoms with Gasteiger partial charge in [-0.1, -0.05) is 12.1 Å². The van der Waals surface area contributed by atoms with Crippen molar-refractivity contribution in [2.45, 2.75) is 16.7 Å². The van der Waals surface area contributed by atoms with Gasteiger partial charge in [-0.05, 0) is 43.3 Å². The highest BCUT2D eigenvalue weighted by atomic mass is 32.2. The predicted molar refractivity (Wildman–Crippen MR) is 83.8 cm³/mol. The van der Waals surface area contributed by atoms with Crippen LogP contribution in [0.15, 0.2) is 58.3 Å². The monoisotopic (exact) mass is 354 g/mol. The van der Waals surface area contributed by atoms with Crippen molar-refractivity contribution < 1.29 is 25.8 Å². The van der Waals surface area contributed by atoms with Gasteiger partial charge in [-0.15, -0.1) is 0 Å². The average Bonchev–Trinajstić information content (AvgIpc) is 2.46. The van der Waals surface area contributed by atoms with Crippen molar-refractivity contribution >= 4 is 25.7 Å². The Morgan fingerprint density at radius 3 is 1.87 bits per heavy atom. The largest absolute Gasteiger partial charge is 0.379 e. The molecule has 0 heterocycles. The van der Waals surface area contributed by atoms with E-state index in [1.165, 1.54) is 49.4 Å². The lowest BCUT2D eigenvalue weighted by atomic mass is 10.1. The SMILES string of the molecule is CC(=O)c1ccc(OS(=O)(=O)c2ccccc2S(C)(=O)=O)cc1. The fourth-order valence-electron chi connectivity index (χ4n) is 1.88. The second-order valence-corrected chi connectivity index (χ2v) is 8.34. The molecule has 2 aromatic rings. The molecule has 0 saturated carbocycles. The van der Waals surface area contributed by atoms with Crippen LogP contribution in [0.5, 0.6) is 5.75 Å². The van der Waals surface area contributed by atoms with Crippen LogP contribution in [-0.4, -0.2) is 28.9 Å². The van der Waals surface area contributed by atoms with Gasteiger partial charge >= 0.3 is 10.1 Å². The molecule has 0 N–H and O–H groups in total. The molecule has 2 rings (SSSR count). The van der Waals surface area contributed by atoms with Gasteiger partial charge in [0.05, 0.1) is 4.90 Å². The fourth-order valence-corrected chi connectivity index (χ4v) is 4.41. The van der Waals surface area contributed by atoms with E-state index >= 15 is 0 Å². The smallest absolute Gasteiger partial charge is 0.340 e. The van der Waals surface area contributed by atoms with E-state index in [4.69, 9.17) is 4.18 Å². The molecule has 0 fully saturated rings. The Balaban J connectivity index is 2.42. The van der Waals surface area contributed by atoms with E-state index in [1.807, 2.05) is 0 Å². The van der Waals surface area contributed by atoms with E-state index in [2.05, 4.69) is 0 Å². The van der Waals surface area contributed by atoms with Crippen LogP contribution in [0.4, 0.5) is 0 Å². The molecule has 0 saturated heterocycles. The van der Waals surface area contributed by atoms with Crippen LogP contribution in [0.25, 0.3) is 0 Å². The topological polar surface area (TPSA) is 94.6 Å². The Labute approximate surface area is 134 Å². The van der Waals surface area contributed by atoms with Crippen molar-refractivity contribution in [3.05, 3.63) is 54.1 Å². The van der Waals surface area contributed by atoms with Gasteiger partial charge in [0.25, 0.3) is 0 Å². The highest BCUT2D eigenvalue weighted by Crippen LogP contribution is 2.24. The van der Waals surface area contributed by atoms with E-state index in [-0.39, 0.29) is 16.4 Å². The molecule has 0 atom stereocenters. The third kappa shape index (κ3) is 3.96. The van der Waals surface area contributed by atoms with Crippen molar-refractivity contribution in [3.63, 3.8) is 0 Å². The maximum atomic E-state index is 12.3. The Kier molecular flexibility index (Phi) is 4.58. The number of carbonyl (C=O) groups excluding carboxylic acids is 1. The quantitative estimate of drug-likeness (QED) is 0.602. The Hall–Kier alpha value is -2.19. The van der Waals surface area contributed by atoms with Gasteiger partial charge in [-0.2, -0.15) is 8.42 Å². The number of rotatable bonds is 5. The third-order valence-corrected chi connectivity index (χ3v) is 5.58. The molecule has 0 radical (unpaired) electrons. The van der Waals surface area contributed by atoms with E-state index in [0.717, 1.165) is 12.3 Å². The van der Waals surface area contributed by atoms with Crippen LogP contribution in [0.2, 0.25) is 0 Å². The first kappa shape index (κ1) is 17.2. The highest BCUT2D eigenvalue weighted by Gasteiger charge is 2.25. The summed E-state index contributed by atoms with van der Waals surface area (Å²) in [6.45, 7) is 1.38. The van der Waals surface area contributed by atoms with Gasteiger partial charge in [-0.25, -0.2) is 8.42 Å². The summed E-state index contributed by atoms with van der Waals surface area (Å²) in [5, 5.41) is 0. The van der Waals surface area contributed by atoms with Crippen LogP contribution < -0.4 is 4.18 Å². The van der Waals surface area contributed by atoms with Crippen LogP contribution in [0, 0.1) is 0 Å². The fraction of sp³-hybridized carbons (Fsp3) is 0.133. The van der Waals surface area contributed by atoms with E-state index in [1.54, 1.807) is 0 Å². The minimum absolute atomic E-state index is 0.0155. The second kappa shape index (κ2) is 6.13. The highest BCUT2D eigenvalue weighted by molar-refractivity contribution is 7.92. The summed E-state index contributed by atoms with van der Waals surface area (Å²) in [4.78, 5) is 10.4. The number of hydrogen-bond donors (Lipinski definition) is 0. The minimum Gasteiger partial charge on any atom is -0.379 e. The average molecular weight is 354 g/mol. The molecule has 23 heavy (non-hydrogen) atoms. The first-order chi connectivity index (χ1) is 10.6. The molecule has 0 bridgehead atoms. The van der Waals surface area contributed by atoms with Crippen molar-refractivity contribution in [2.75, 3.05) is 6.26 Å². The number of Topliss-reactive ketones (excluding diaryl/α,β-unsaturated/α-hetero) is 1. The van der Waals surface area contributed by atoms with Crippen molar-refractivity contribution in [1.82, 2.24) is 0 Å². The van der Waals surface area contributed by atoms with Crippen LogP contribution >= 0.6 is 0 Å². The first-order valence-electron chi connectivity index (χ1n) is 6.46.